The molecule has 0 saturated carbocycles. The average Bonchev–Trinajstić information content (AvgIpc) is 2.86. The molecule has 1 aromatic rings. The minimum absolute atomic E-state index is 0.00234. The second kappa shape index (κ2) is 7.69. The van der Waals surface area contributed by atoms with Crippen LogP contribution in [0.15, 0.2) is 29.3 Å². The van der Waals surface area contributed by atoms with Gasteiger partial charge in [0.2, 0.25) is 0 Å². The molecule has 1 aromatic carbocycles. The number of carbonyl (C=O) groups is 1. The van der Waals surface area contributed by atoms with E-state index in [1.807, 2.05) is 0 Å². The van der Waals surface area contributed by atoms with Gasteiger partial charge in [-0.1, -0.05) is 51.3 Å². The molecular formula is C21H30N2O2. The Morgan fingerprint density at radius 1 is 1.28 bits per heavy atom. The lowest BCUT2D eigenvalue weighted by atomic mass is 9.75. The molecule has 2 unspecified atom stereocenters. The van der Waals surface area contributed by atoms with Crippen LogP contribution < -0.4 is 5.32 Å². The molecule has 0 spiro atoms. The molecule has 4 heteroatoms. The van der Waals surface area contributed by atoms with Gasteiger partial charge in [-0.05, 0) is 43.4 Å². The number of aliphatic imine (C=N–C) groups is 1. The smallest absolute Gasteiger partial charge is 0.303 e. The second-order valence-electron chi connectivity index (χ2n) is 8.03. The van der Waals surface area contributed by atoms with Crippen molar-refractivity contribution in [2.24, 2.45) is 10.9 Å². The van der Waals surface area contributed by atoms with Crippen LogP contribution in [-0.2, 0) is 10.2 Å². The number of carboxylic acids is 1. The van der Waals surface area contributed by atoms with Crippen molar-refractivity contribution >= 4 is 17.4 Å². The highest BCUT2D eigenvalue weighted by molar-refractivity contribution is 6.04. The fourth-order valence-corrected chi connectivity index (χ4v) is 4.37. The summed E-state index contributed by atoms with van der Waals surface area (Å²) in [6, 6.07) is 8.85. The molecule has 1 saturated heterocycles. The van der Waals surface area contributed by atoms with Crippen molar-refractivity contribution in [2.45, 2.75) is 70.3 Å². The predicted molar refractivity (Wildman–Crippen MR) is 102 cm³/mol. The van der Waals surface area contributed by atoms with Gasteiger partial charge in [0.15, 0.2) is 0 Å². The first-order valence-electron chi connectivity index (χ1n) is 9.62. The number of fused-ring (bicyclic) bond motifs is 1. The maximum absolute atomic E-state index is 10.6. The number of carboxylic acid groups (broad SMARTS) is 1. The lowest BCUT2D eigenvalue weighted by Crippen LogP contribution is -2.48. The molecule has 2 atom stereocenters. The molecule has 0 amide bonds. The Labute approximate surface area is 150 Å². The quantitative estimate of drug-likeness (QED) is 0.720. The van der Waals surface area contributed by atoms with Crippen molar-refractivity contribution in [3.05, 3.63) is 29.8 Å². The molecule has 2 aliphatic rings. The van der Waals surface area contributed by atoms with Gasteiger partial charge in [0, 0.05) is 23.6 Å². The van der Waals surface area contributed by atoms with Crippen LogP contribution in [0.3, 0.4) is 0 Å². The van der Waals surface area contributed by atoms with Crippen molar-refractivity contribution < 1.29 is 9.90 Å². The Kier molecular flexibility index (Phi) is 5.57. The van der Waals surface area contributed by atoms with E-state index in [1.165, 1.54) is 24.1 Å². The highest BCUT2D eigenvalue weighted by atomic mass is 16.4. The molecule has 0 radical (unpaired) electrons. The number of hydrogen-bond acceptors (Lipinski definition) is 3. The summed E-state index contributed by atoms with van der Waals surface area (Å²) in [6.45, 7) is 5.62. The fourth-order valence-electron chi connectivity index (χ4n) is 4.37. The van der Waals surface area contributed by atoms with Crippen LogP contribution in [-0.4, -0.2) is 29.4 Å². The summed E-state index contributed by atoms with van der Waals surface area (Å²) < 4.78 is 0. The third-order valence-electron chi connectivity index (χ3n) is 5.80. The number of unbranched alkanes of at least 4 members (excludes halogenated alkanes) is 2. The van der Waals surface area contributed by atoms with E-state index in [0.29, 0.717) is 12.5 Å². The van der Waals surface area contributed by atoms with Gasteiger partial charge in [0.05, 0.1) is 5.69 Å². The molecule has 0 aliphatic carbocycles. The van der Waals surface area contributed by atoms with Crippen molar-refractivity contribution in [3.8, 4) is 0 Å². The summed E-state index contributed by atoms with van der Waals surface area (Å²) >= 11 is 0. The first kappa shape index (κ1) is 18.1. The van der Waals surface area contributed by atoms with Crippen molar-refractivity contribution in [2.75, 3.05) is 6.54 Å². The van der Waals surface area contributed by atoms with Gasteiger partial charge in [-0.2, -0.15) is 0 Å². The molecule has 2 aliphatic heterocycles. The van der Waals surface area contributed by atoms with E-state index in [-0.39, 0.29) is 5.41 Å². The standard InChI is InChI=1S/C21H30N2O2/c1-21(2)16-9-6-7-10-17(16)23-20(21)18-14-15(12-13-22-18)8-4-3-5-11-19(24)25/h6-7,9-10,15,18,22H,3-5,8,11-14H2,1-2H3,(H,24,25). The SMILES string of the molecule is CC1(C)C(C2CC(CCCCCC(=O)O)CCN2)=Nc2ccccc21. The summed E-state index contributed by atoms with van der Waals surface area (Å²) in [5.41, 5.74) is 3.74. The molecule has 1 fully saturated rings. The Bertz CT molecular complexity index is 651. The molecule has 25 heavy (non-hydrogen) atoms. The average molecular weight is 342 g/mol. The molecular weight excluding hydrogens is 312 g/mol. The Morgan fingerprint density at radius 2 is 2.08 bits per heavy atom. The Hall–Kier alpha value is -1.68. The number of rotatable bonds is 7. The highest BCUT2D eigenvalue weighted by Crippen LogP contribution is 2.42. The largest absolute Gasteiger partial charge is 0.481 e. The monoisotopic (exact) mass is 342 g/mol. The maximum atomic E-state index is 10.6. The lowest BCUT2D eigenvalue weighted by Gasteiger charge is -2.35. The Balaban J connectivity index is 1.56. The second-order valence-corrected chi connectivity index (χ2v) is 8.03. The molecule has 0 aromatic heterocycles. The van der Waals surface area contributed by atoms with Crippen LogP contribution in [0.4, 0.5) is 5.69 Å². The highest BCUT2D eigenvalue weighted by Gasteiger charge is 2.40. The van der Waals surface area contributed by atoms with Gasteiger partial charge < -0.3 is 10.4 Å². The summed E-state index contributed by atoms with van der Waals surface area (Å²) in [5, 5.41) is 12.4. The first-order valence-corrected chi connectivity index (χ1v) is 9.62. The number of nitrogens with one attached hydrogen (secondary N) is 1. The van der Waals surface area contributed by atoms with E-state index in [9.17, 15) is 4.79 Å². The van der Waals surface area contributed by atoms with E-state index in [1.54, 1.807) is 0 Å². The number of aliphatic carboxylic acids is 1. The van der Waals surface area contributed by atoms with E-state index in [2.05, 4.69) is 43.4 Å². The Morgan fingerprint density at radius 3 is 2.84 bits per heavy atom. The van der Waals surface area contributed by atoms with Crippen molar-refractivity contribution in [3.63, 3.8) is 0 Å². The molecule has 3 rings (SSSR count). The number of piperidine rings is 1. The topological polar surface area (TPSA) is 61.7 Å². The van der Waals surface area contributed by atoms with E-state index < -0.39 is 5.97 Å². The van der Waals surface area contributed by atoms with E-state index in [4.69, 9.17) is 10.1 Å². The number of benzene rings is 1. The fraction of sp³-hybridized carbons (Fsp3) is 0.619. The van der Waals surface area contributed by atoms with Crippen LogP contribution in [0.2, 0.25) is 0 Å². The minimum Gasteiger partial charge on any atom is -0.481 e. The zero-order valence-electron chi connectivity index (χ0n) is 15.4. The van der Waals surface area contributed by atoms with E-state index >= 15 is 0 Å². The lowest BCUT2D eigenvalue weighted by molar-refractivity contribution is -0.137. The van der Waals surface area contributed by atoms with Gasteiger partial charge in [0.25, 0.3) is 0 Å². The van der Waals surface area contributed by atoms with Gasteiger partial charge in [-0.3, -0.25) is 9.79 Å². The molecule has 136 valence electrons. The van der Waals surface area contributed by atoms with Crippen LogP contribution in [0, 0.1) is 5.92 Å². The van der Waals surface area contributed by atoms with Crippen LogP contribution in [0.5, 0.6) is 0 Å². The van der Waals surface area contributed by atoms with Crippen LogP contribution >= 0.6 is 0 Å². The zero-order chi connectivity index (χ0) is 17.9. The number of nitrogens with zero attached hydrogens (tertiary/aromatic N) is 1. The van der Waals surface area contributed by atoms with Gasteiger partial charge >= 0.3 is 5.97 Å². The zero-order valence-corrected chi connectivity index (χ0v) is 15.4. The maximum Gasteiger partial charge on any atom is 0.303 e. The van der Waals surface area contributed by atoms with Crippen molar-refractivity contribution in [1.82, 2.24) is 5.32 Å². The third-order valence-corrected chi connectivity index (χ3v) is 5.80. The number of para-hydroxylation sites is 1. The summed E-state index contributed by atoms with van der Waals surface area (Å²) in [5.74, 6) is 0.0428. The van der Waals surface area contributed by atoms with Crippen molar-refractivity contribution in [1.29, 1.82) is 0 Å². The molecule has 0 bridgehead atoms. The molecule has 2 N–H and O–H groups in total. The summed E-state index contributed by atoms with van der Waals surface area (Å²) in [6.07, 6.45) is 6.85. The summed E-state index contributed by atoms with van der Waals surface area (Å²) in [7, 11) is 0. The predicted octanol–water partition coefficient (Wildman–Crippen LogP) is 4.45. The van der Waals surface area contributed by atoms with Crippen LogP contribution in [0.1, 0.15) is 64.4 Å². The van der Waals surface area contributed by atoms with E-state index in [0.717, 1.165) is 43.8 Å². The molecule has 2 heterocycles. The molecule has 4 nitrogen and oxygen atoms in total. The minimum atomic E-state index is -0.678. The van der Waals surface area contributed by atoms with Crippen LogP contribution in [0.25, 0.3) is 0 Å². The van der Waals surface area contributed by atoms with Gasteiger partial charge in [-0.25, -0.2) is 0 Å². The first-order chi connectivity index (χ1) is 12.0. The third kappa shape index (κ3) is 4.12. The normalized spacial score (nSPS) is 24.6. The van der Waals surface area contributed by atoms with Gasteiger partial charge in [0.1, 0.15) is 0 Å². The summed E-state index contributed by atoms with van der Waals surface area (Å²) in [4.78, 5) is 15.6. The van der Waals surface area contributed by atoms with Gasteiger partial charge in [-0.15, -0.1) is 0 Å². The number of hydrogen-bond donors (Lipinski definition) is 2.